The van der Waals surface area contributed by atoms with Crippen molar-refractivity contribution in [1.29, 1.82) is 0 Å². The summed E-state index contributed by atoms with van der Waals surface area (Å²) in [5.74, 6) is 0. The number of nitrogens with one attached hydrogen (secondary N) is 1. The standard InChI is InChI=1S/C19H29ClN2O2/c1-23-15-18(21-9-10-22-11-13-24-14-12-22)19(7-2-8-19)16-3-5-17(20)6-4-16/h3-6,18,21H,2,7-15H2,1H3. The van der Waals surface area contributed by atoms with Crippen LogP contribution < -0.4 is 5.32 Å². The minimum Gasteiger partial charge on any atom is -0.383 e. The van der Waals surface area contributed by atoms with E-state index in [-0.39, 0.29) is 5.41 Å². The third-order valence-corrected chi connectivity index (χ3v) is 5.84. The lowest BCUT2D eigenvalue weighted by molar-refractivity contribution is 0.0350. The zero-order chi connectivity index (χ0) is 16.8. The lowest BCUT2D eigenvalue weighted by Gasteiger charge is -2.48. The molecule has 134 valence electrons. The van der Waals surface area contributed by atoms with E-state index in [1.54, 1.807) is 7.11 Å². The first-order valence-electron chi connectivity index (χ1n) is 9.03. The van der Waals surface area contributed by atoms with Gasteiger partial charge < -0.3 is 14.8 Å². The molecule has 0 radical (unpaired) electrons. The molecule has 1 aliphatic heterocycles. The highest BCUT2D eigenvalue weighted by Gasteiger charge is 2.45. The molecule has 0 aromatic heterocycles. The van der Waals surface area contributed by atoms with Crippen molar-refractivity contribution < 1.29 is 9.47 Å². The van der Waals surface area contributed by atoms with Gasteiger partial charge in [-0.05, 0) is 30.5 Å². The third kappa shape index (κ3) is 4.12. The van der Waals surface area contributed by atoms with Gasteiger partial charge in [-0.15, -0.1) is 0 Å². The Kier molecular flexibility index (Phi) is 6.53. The lowest BCUT2D eigenvalue weighted by atomic mass is 9.60. The molecule has 5 heteroatoms. The summed E-state index contributed by atoms with van der Waals surface area (Å²) in [4.78, 5) is 2.47. The van der Waals surface area contributed by atoms with E-state index in [1.807, 2.05) is 12.1 Å². The third-order valence-electron chi connectivity index (χ3n) is 5.59. The summed E-state index contributed by atoms with van der Waals surface area (Å²) in [6, 6.07) is 8.74. The van der Waals surface area contributed by atoms with Crippen LogP contribution in [-0.4, -0.2) is 64.1 Å². The number of morpholine rings is 1. The fraction of sp³-hybridized carbons (Fsp3) is 0.684. The topological polar surface area (TPSA) is 33.7 Å². The van der Waals surface area contributed by atoms with Crippen molar-refractivity contribution in [3.63, 3.8) is 0 Å². The van der Waals surface area contributed by atoms with Crippen LogP contribution in [0.2, 0.25) is 5.02 Å². The van der Waals surface area contributed by atoms with Crippen LogP contribution in [0.25, 0.3) is 0 Å². The highest BCUT2D eigenvalue weighted by atomic mass is 35.5. The van der Waals surface area contributed by atoms with Gasteiger partial charge in [-0.25, -0.2) is 0 Å². The number of hydrogen-bond donors (Lipinski definition) is 1. The van der Waals surface area contributed by atoms with Crippen molar-refractivity contribution in [1.82, 2.24) is 10.2 Å². The number of ether oxygens (including phenoxy) is 2. The Balaban J connectivity index is 1.62. The van der Waals surface area contributed by atoms with Crippen molar-refractivity contribution in [2.24, 2.45) is 0 Å². The van der Waals surface area contributed by atoms with Crippen LogP contribution in [0, 0.1) is 0 Å². The maximum absolute atomic E-state index is 6.08. The normalized spacial score (nSPS) is 22.1. The zero-order valence-corrected chi connectivity index (χ0v) is 15.4. The monoisotopic (exact) mass is 352 g/mol. The quantitative estimate of drug-likeness (QED) is 0.780. The highest BCUT2D eigenvalue weighted by Crippen LogP contribution is 2.46. The molecule has 0 bridgehead atoms. The Morgan fingerprint density at radius 2 is 1.96 bits per heavy atom. The first-order valence-corrected chi connectivity index (χ1v) is 9.41. The number of benzene rings is 1. The molecule has 2 fully saturated rings. The van der Waals surface area contributed by atoms with Gasteiger partial charge in [0, 0.05) is 49.8 Å². The second-order valence-corrected chi connectivity index (χ2v) is 7.37. The van der Waals surface area contributed by atoms with Crippen molar-refractivity contribution in [2.45, 2.75) is 30.7 Å². The van der Waals surface area contributed by atoms with Crippen LogP contribution in [0.5, 0.6) is 0 Å². The molecule has 1 heterocycles. The molecule has 1 aromatic carbocycles. The summed E-state index contributed by atoms with van der Waals surface area (Å²) < 4.78 is 11.0. The minimum absolute atomic E-state index is 0.186. The van der Waals surface area contributed by atoms with E-state index in [2.05, 4.69) is 22.3 Å². The Bertz CT molecular complexity index is 499. The van der Waals surface area contributed by atoms with E-state index < -0.39 is 0 Å². The van der Waals surface area contributed by atoms with Gasteiger partial charge in [0.05, 0.1) is 19.8 Å². The van der Waals surface area contributed by atoms with E-state index in [0.717, 1.165) is 51.0 Å². The van der Waals surface area contributed by atoms with Crippen LogP contribution in [0.1, 0.15) is 24.8 Å². The Morgan fingerprint density at radius 3 is 2.54 bits per heavy atom. The van der Waals surface area contributed by atoms with Crippen molar-refractivity contribution in [2.75, 3.05) is 53.1 Å². The molecule has 1 saturated heterocycles. The SMILES string of the molecule is COCC(NCCN1CCOCC1)C1(c2ccc(Cl)cc2)CCC1. The second kappa shape index (κ2) is 8.63. The Morgan fingerprint density at radius 1 is 1.25 bits per heavy atom. The summed E-state index contributed by atoms with van der Waals surface area (Å²) in [5, 5.41) is 4.59. The van der Waals surface area contributed by atoms with Crippen molar-refractivity contribution in [3.05, 3.63) is 34.9 Å². The molecule has 1 aromatic rings. The number of nitrogens with zero attached hydrogens (tertiary/aromatic N) is 1. The molecule has 3 rings (SSSR count). The number of halogens is 1. The number of hydrogen-bond acceptors (Lipinski definition) is 4. The zero-order valence-electron chi connectivity index (χ0n) is 14.6. The van der Waals surface area contributed by atoms with Crippen LogP contribution in [0.4, 0.5) is 0 Å². The molecule has 1 aliphatic carbocycles. The van der Waals surface area contributed by atoms with Crippen LogP contribution in [0.3, 0.4) is 0 Å². The van der Waals surface area contributed by atoms with E-state index in [4.69, 9.17) is 21.1 Å². The molecule has 2 aliphatic rings. The predicted molar refractivity (Wildman–Crippen MR) is 97.9 cm³/mol. The van der Waals surface area contributed by atoms with Crippen molar-refractivity contribution in [3.8, 4) is 0 Å². The van der Waals surface area contributed by atoms with E-state index in [9.17, 15) is 0 Å². The molecule has 4 nitrogen and oxygen atoms in total. The summed E-state index contributed by atoms with van der Waals surface area (Å²) in [6.45, 7) is 6.60. The van der Waals surface area contributed by atoms with Gasteiger partial charge in [-0.2, -0.15) is 0 Å². The minimum atomic E-state index is 0.186. The lowest BCUT2D eigenvalue weighted by Crippen LogP contribution is -2.56. The van der Waals surface area contributed by atoms with E-state index in [0.29, 0.717) is 6.04 Å². The van der Waals surface area contributed by atoms with Gasteiger partial charge in [-0.1, -0.05) is 30.2 Å². The summed E-state index contributed by atoms with van der Waals surface area (Å²) in [7, 11) is 1.80. The first-order chi connectivity index (χ1) is 11.7. The summed E-state index contributed by atoms with van der Waals surface area (Å²) >= 11 is 6.08. The molecule has 1 N–H and O–H groups in total. The van der Waals surface area contributed by atoms with Gasteiger partial charge in [0.15, 0.2) is 0 Å². The molecule has 0 amide bonds. The predicted octanol–water partition coefficient (Wildman–Crippen LogP) is 2.70. The second-order valence-electron chi connectivity index (χ2n) is 6.93. The van der Waals surface area contributed by atoms with Crippen LogP contribution >= 0.6 is 11.6 Å². The van der Waals surface area contributed by atoms with E-state index >= 15 is 0 Å². The highest BCUT2D eigenvalue weighted by molar-refractivity contribution is 6.30. The molecule has 24 heavy (non-hydrogen) atoms. The molecular formula is C19H29ClN2O2. The molecule has 1 atom stereocenters. The fourth-order valence-electron chi connectivity index (χ4n) is 3.98. The van der Waals surface area contributed by atoms with Crippen LogP contribution in [-0.2, 0) is 14.9 Å². The maximum Gasteiger partial charge on any atom is 0.0624 e. The molecular weight excluding hydrogens is 324 g/mol. The molecule has 0 spiro atoms. The van der Waals surface area contributed by atoms with Crippen molar-refractivity contribution >= 4 is 11.6 Å². The summed E-state index contributed by atoms with van der Waals surface area (Å²) in [5.41, 5.74) is 1.57. The molecule has 1 saturated carbocycles. The average Bonchev–Trinajstić information content (AvgIpc) is 2.56. The van der Waals surface area contributed by atoms with Gasteiger partial charge in [0.2, 0.25) is 0 Å². The van der Waals surface area contributed by atoms with Gasteiger partial charge in [0.25, 0.3) is 0 Å². The fourth-order valence-corrected chi connectivity index (χ4v) is 4.11. The summed E-state index contributed by atoms with van der Waals surface area (Å²) in [6.07, 6.45) is 3.72. The maximum atomic E-state index is 6.08. The van der Waals surface area contributed by atoms with Crippen LogP contribution in [0.15, 0.2) is 24.3 Å². The smallest absolute Gasteiger partial charge is 0.0624 e. The van der Waals surface area contributed by atoms with Gasteiger partial charge in [-0.3, -0.25) is 4.90 Å². The first kappa shape index (κ1) is 18.2. The largest absolute Gasteiger partial charge is 0.383 e. The Labute approximate surface area is 150 Å². The number of rotatable bonds is 8. The van der Waals surface area contributed by atoms with Gasteiger partial charge >= 0.3 is 0 Å². The number of methoxy groups -OCH3 is 1. The van der Waals surface area contributed by atoms with Gasteiger partial charge in [0.1, 0.15) is 0 Å². The molecule has 1 unspecified atom stereocenters. The Hall–Kier alpha value is -0.650. The average molecular weight is 353 g/mol. The van der Waals surface area contributed by atoms with E-state index in [1.165, 1.54) is 24.8 Å².